The van der Waals surface area contributed by atoms with Crippen molar-refractivity contribution >= 4 is 29.9 Å². The van der Waals surface area contributed by atoms with Crippen molar-refractivity contribution < 1.29 is 0 Å². The van der Waals surface area contributed by atoms with Gasteiger partial charge in [0.2, 0.25) is 0 Å². The zero-order valence-electron chi connectivity index (χ0n) is 4.50. The molecule has 0 aromatic carbocycles. The quantitative estimate of drug-likeness (QED) is 0.447. The molecule has 2 nitrogen and oxygen atoms in total. The number of hydrogen-bond acceptors (Lipinski definition) is 3. The maximum Gasteiger partial charge on any atom is 0.130 e. The zero-order valence-corrected chi connectivity index (χ0v) is 6.15. The number of rotatable bonds is 0. The van der Waals surface area contributed by atoms with Gasteiger partial charge in [-0.05, 0) is 6.07 Å². The summed E-state index contributed by atoms with van der Waals surface area (Å²) in [4.78, 5) is 4.39. The molecule has 1 aromatic rings. The predicted molar refractivity (Wildman–Crippen MR) is 40.9 cm³/mol. The maximum atomic E-state index is 5.50. The van der Waals surface area contributed by atoms with Crippen molar-refractivity contribution in [2.45, 2.75) is 4.90 Å². The van der Waals surface area contributed by atoms with Gasteiger partial charge in [-0.1, -0.05) is 11.6 Å². The lowest BCUT2D eigenvalue weighted by Crippen LogP contribution is -1.87. The Bertz CT molecular complexity index is 226. The van der Waals surface area contributed by atoms with Crippen LogP contribution >= 0.6 is 24.2 Å². The van der Waals surface area contributed by atoms with Crippen LogP contribution in [0.25, 0.3) is 0 Å². The highest BCUT2D eigenvalue weighted by molar-refractivity contribution is 7.80. The fourth-order valence-electron chi connectivity index (χ4n) is 0.431. The molecule has 0 bridgehead atoms. The zero-order chi connectivity index (χ0) is 6.85. The van der Waals surface area contributed by atoms with Gasteiger partial charge in [-0.25, -0.2) is 4.98 Å². The van der Waals surface area contributed by atoms with E-state index in [1.54, 1.807) is 6.07 Å². The van der Waals surface area contributed by atoms with Crippen LogP contribution in [0, 0.1) is 0 Å². The predicted octanol–water partition coefficient (Wildman–Crippen LogP) is 1.61. The maximum absolute atomic E-state index is 5.50. The Morgan fingerprint density at radius 3 is 2.78 bits per heavy atom. The number of hydrogen-bond donors (Lipinski definition) is 2. The molecule has 1 aromatic heterocycles. The molecular weight excluding hydrogens is 156 g/mol. The van der Waals surface area contributed by atoms with Crippen molar-refractivity contribution in [1.82, 2.24) is 4.98 Å². The summed E-state index contributed by atoms with van der Waals surface area (Å²) in [6, 6.07) is 1.60. The minimum atomic E-state index is 0.411. The molecule has 1 heterocycles. The molecule has 0 aliphatic carbocycles. The van der Waals surface area contributed by atoms with Gasteiger partial charge in [0.25, 0.3) is 0 Å². The smallest absolute Gasteiger partial charge is 0.130 e. The third kappa shape index (κ3) is 1.50. The lowest BCUT2D eigenvalue weighted by molar-refractivity contribution is 1.27. The van der Waals surface area contributed by atoms with E-state index < -0.39 is 0 Å². The average Bonchev–Trinajstić information content (AvgIpc) is 1.80. The Balaban J connectivity index is 3.17. The summed E-state index contributed by atoms with van der Waals surface area (Å²) in [6.07, 6.45) is 1.48. The average molecular weight is 161 g/mol. The first-order chi connectivity index (χ1) is 4.20. The third-order valence-electron chi connectivity index (χ3n) is 0.879. The van der Waals surface area contributed by atoms with Crippen molar-refractivity contribution in [3.05, 3.63) is 17.4 Å². The van der Waals surface area contributed by atoms with Crippen LogP contribution in [-0.2, 0) is 0 Å². The molecule has 0 fully saturated rings. The monoisotopic (exact) mass is 160 g/mol. The molecule has 0 saturated heterocycles. The first-order valence-corrected chi connectivity index (χ1v) is 3.12. The van der Waals surface area contributed by atoms with Gasteiger partial charge >= 0.3 is 0 Å². The van der Waals surface area contributed by atoms with Crippen molar-refractivity contribution in [3.8, 4) is 0 Å². The highest BCUT2D eigenvalue weighted by Gasteiger charge is 1.93. The number of aromatic nitrogens is 1. The topological polar surface area (TPSA) is 38.9 Å². The Kier molecular flexibility index (Phi) is 1.83. The second kappa shape index (κ2) is 2.45. The Morgan fingerprint density at radius 1 is 1.67 bits per heavy atom. The van der Waals surface area contributed by atoms with Crippen LogP contribution in [-0.4, -0.2) is 4.98 Å². The summed E-state index contributed by atoms with van der Waals surface area (Å²) in [5.41, 5.74) is 5.94. The van der Waals surface area contributed by atoms with Gasteiger partial charge in [-0.15, -0.1) is 12.6 Å². The molecular formula is C5H5ClN2S. The van der Waals surface area contributed by atoms with Crippen LogP contribution in [0.1, 0.15) is 0 Å². The van der Waals surface area contributed by atoms with Gasteiger partial charge in [0.1, 0.15) is 5.15 Å². The normalized spacial score (nSPS) is 9.56. The van der Waals surface area contributed by atoms with E-state index in [2.05, 4.69) is 17.6 Å². The Hall–Kier alpha value is -0.410. The second-order valence-electron chi connectivity index (χ2n) is 1.57. The Labute approximate surface area is 63.4 Å². The second-order valence-corrected chi connectivity index (χ2v) is 2.43. The molecule has 0 unspecified atom stereocenters. The fraction of sp³-hybridized carbons (Fsp3) is 0. The molecule has 0 amide bonds. The standard InChI is InChI=1S/C5H5ClN2S/c6-5-1-4(9)3(7)2-8-5/h1-2H,7H2,(H,8,9). The molecule has 48 valence electrons. The number of nitrogens with two attached hydrogens (primary N) is 1. The molecule has 0 spiro atoms. The number of pyridine rings is 1. The number of halogens is 1. The summed E-state index contributed by atoms with van der Waals surface area (Å²) in [5, 5.41) is 0.411. The highest BCUT2D eigenvalue weighted by Crippen LogP contribution is 2.17. The van der Waals surface area contributed by atoms with Crippen molar-refractivity contribution in [1.29, 1.82) is 0 Å². The van der Waals surface area contributed by atoms with E-state index in [9.17, 15) is 0 Å². The Morgan fingerprint density at radius 2 is 2.33 bits per heavy atom. The molecule has 0 aliphatic heterocycles. The molecule has 9 heavy (non-hydrogen) atoms. The third-order valence-corrected chi connectivity index (χ3v) is 1.47. The number of nitrogen functional groups attached to an aromatic ring is 1. The van der Waals surface area contributed by atoms with Gasteiger partial charge in [-0.2, -0.15) is 0 Å². The van der Waals surface area contributed by atoms with Crippen molar-refractivity contribution in [2.24, 2.45) is 0 Å². The van der Waals surface area contributed by atoms with Crippen LogP contribution < -0.4 is 5.73 Å². The number of anilines is 1. The summed E-state index contributed by atoms with van der Waals surface area (Å²) < 4.78 is 0. The fourth-order valence-corrected chi connectivity index (χ4v) is 0.845. The molecule has 4 heteroatoms. The van der Waals surface area contributed by atoms with Crippen molar-refractivity contribution in [3.63, 3.8) is 0 Å². The molecule has 0 atom stereocenters. The lowest BCUT2D eigenvalue weighted by atomic mass is 10.4. The van der Waals surface area contributed by atoms with E-state index in [0.29, 0.717) is 15.7 Å². The number of thiol groups is 1. The summed E-state index contributed by atoms with van der Waals surface area (Å²) >= 11 is 9.52. The minimum Gasteiger partial charge on any atom is -0.397 e. The first-order valence-electron chi connectivity index (χ1n) is 2.30. The van der Waals surface area contributed by atoms with Crippen LogP contribution in [0.5, 0.6) is 0 Å². The van der Waals surface area contributed by atoms with Gasteiger partial charge in [0.15, 0.2) is 0 Å². The summed E-state index contributed by atoms with van der Waals surface area (Å²) in [5.74, 6) is 0. The van der Waals surface area contributed by atoms with Gasteiger partial charge in [-0.3, -0.25) is 0 Å². The highest BCUT2D eigenvalue weighted by atomic mass is 35.5. The van der Waals surface area contributed by atoms with E-state index in [0.717, 1.165) is 0 Å². The van der Waals surface area contributed by atoms with Crippen LogP contribution in [0.3, 0.4) is 0 Å². The lowest BCUT2D eigenvalue weighted by Gasteiger charge is -1.95. The minimum absolute atomic E-state index is 0.411. The SMILES string of the molecule is Nc1cnc(Cl)cc1S. The van der Waals surface area contributed by atoms with E-state index >= 15 is 0 Å². The first kappa shape index (κ1) is 6.71. The van der Waals surface area contributed by atoms with Crippen molar-refractivity contribution in [2.75, 3.05) is 5.73 Å². The summed E-state index contributed by atoms with van der Waals surface area (Å²) in [7, 11) is 0. The van der Waals surface area contributed by atoms with E-state index in [1.807, 2.05) is 0 Å². The van der Waals surface area contributed by atoms with Gasteiger partial charge in [0, 0.05) is 4.90 Å². The van der Waals surface area contributed by atoms with Gasteiger partial charge in [0.05, 0.1) is 11.9 Å². The molecule has 2 N–H and O–H groups in total. The van der Waals surface area contributed by atoms with Crippen LogP contribution in [0.2, 0.25) is 5.15 Å². The number of nitrogens with zero attached hydrogens (tertiary/aromatic N) is 1. The largest absolute Gasteiger partial charge is 0.397 e. The van der Waals surface area contributed by atoms with E-state index in [4.69, 9.17) is 17.3 Å². The van der Waals surface area contributed by atoms with Crippen LogP contribution in [0.15, 0.2) is 17.2 Å². The molecule has 0 aliphatic rings. The molecule has 1 rings (SSSR count). The summed E-state index contributed by atoms with van der Waals surface area (Å²) in [6.45, 7) is 0. The molecule has 0 radical (unpaired) electrons. The van der Waals surface area contributed by atoms with Gasteiger partial charge < -0.3 is 5.73 Å². The molecule has 0 saturated carbocycles. The van der Waals surface area contributed by atoms with E-state index in [1.165, 1.54) is 6.20 Å². The van der Waals surface area contributed by atoms with Crippen LogP contribution in [0.4, 0.5) is 5.69 Å². The van der Waals surface area contributed by atoms with E-state index in [-0.39, 0.29) is 0 Å².